The van der Waals surface area contributed by atoms with Gasteiger partial charge in [-0.1, -0.05) is 183 Å². The minimum atomic E-state index is -0.146. The first-order valence-electron chi connectivity index (χ1n) is 26.8. The summed E-state index contributed by atoms with van der Waals surface area (Å²) in [4.78, 5) is 5.25. The third-order valence-corrected chi connectivity index (χ3v) is 15.4. The van der Waals surface area contributed by atoms with Crippen LogP contribution in [0.2, 0.25) is 0 Å². The van der Waals surface area contributed by atoms with Crippen molar-refractivity contribution in [2.24, 2.45) is 0 Å². The molecule has 5 aromatic heterocycles. The summed E-state index contributed by atoms with van der Waals surface area (Å²) in [7, 11) is 0. The van der Waals surface area contributed by atoms with Crippen molar-refractivity contribution in [3.8, 4) is 62.3 Å². The molecule has 5 heterocycles. The number of benzene rings is 10. The third kappa shape index (κ3) is 7.91. The SMILES string of the molecule is CC(C)(C)c1ccnc(-n2c3[c-]c(Oc4[c-]c(-[n+]5[c-]n(-c6c(-c7ccccc7)cccc6-c6ccccc6)cc5)ccc4)ccc3c3c2c2c4ccccc4n(-c4ccccc4)c2c2c4ccccc4n(-c4ccccc4)c32)c1.[Pt]. The Morgan fingerprint density at radius 1 is 0.475 bits per heavy atom. The van der Waals surface area contributed by atoms with Gasteiger partial charge in [0, 0.05) is 84.1 Å². The van der Waals surface area contributed by atoms with Crippen molar-refractivity contribution in [2.45, 2.75) is 26.2 Å². The van der Waals surface area contributed by atoms with Gasteiger partial charge in [0.15, 0.2) is 0 Å². The monoisotopic (exact) mass is 1210 g/mol. The maximum atomic E-state index is 6.92. The Morgan fingerprint density at radius 2 is 0.988 bits per heavy atom. The number of pyridine rings is 1. The van der Waals surface area contributed by atoms with Crippen LogP contribution in [0.15, 0.2) is 249 Å². The summed E-state index contributed by atoms with van der Waals surface area (Å²) in [5.41, 5.74) is 15.9. The summed E-state index contributed by atoms with van der Waals surface area (Å²) < 4.78 is 18.2. The van der Waals surface area contributed by atoms with E-state index in [0.717, 1.165) is 105 Å². The number of hydrogen-bond acceptors (Lipinski definition) is 2. The second-order valence-electron chi connectivity index (χ2n) is 21.2. The molecule has 15 aromatic rings. The van der Waals surface area contributed by atoms with Gasteiger partial charge in [0.05, 0.1) is 33.3 Å². The number of ether oxygens (including phenoxy) is 1. The largest absolute Gasteiger partial charge is 0.510 e. The van der Waals surface area contributed by atoms with E-state index in [1.54, 1.807) is 0 Å². The quantitative estimate of drug-likeness (QED) is 0.107. The van der Waals surface area contributed by atoms with E-state index in [1.807, 2.05) is 41.2 Å². The zero-order valence-corrected chi connectivity index (χ0v) is 46.4. The van der Waals surface area contributed by atoms with Crippen LogP contribution in [0, 0.1) is 18.5 Å². The van der Waals surface area contributed by atoms with E-state index in [2.05, 4.69) is 270 Å². The van der Waals surface area contributed by atoms with Gasteiger partial charge in [-0.05, 0) is 92.8 Å². The molecule has 0 N–H and O–H groups in total. The van der Waals surface area contributed by atoms with Crippen LogP contribution < -0.4 is 9.30 Å². The predicted octanol–water partition coefficient (Wildman–Crippen LogP) is 17.3. The van der Waals surface area contributed by atoms with Crippen LogP contribution in [0.25, 0.3) is 116 Å². The summed E-state index contributed by atoms with van der Waals surface area (Å²) in [5, 5.41) is 6.76. The minimum Gasteiger partial charge on any atom is -0.510 e. The smallest absolute Gasteiger partial charge is 0.267 e. The molecule has 386 valence electrons. The number of hydrogen-bond donors (Lipinski definition) is 0. The molecule has 0 aliphatic rings. The average molecular weight is 1210 g/mol. The van der Waals surface area contributed by atoms with Gasteiger partial charge in [0.25, 0.3) is 6.33 Å². The van der Waals surface area contributed by atoms with Crippen LogP contribution in [0.1, 0.15) is 26.3 Å². The number of para-hydroxylation sites is 5. The second kappa shape index (κ2) is 19.4. The first-order valence-corrected chi connectivity index (χ1v) is 26.8. The molecule has 0 atom stereocenters. The summed E-state index contributed by atoms with van der Waals surface area (Å²) >= 11 is 0. The van der Waals surface area contributed by atoms with E-state index in [-0.39, 0.29) is 26.5 Å². The normalized spacial score (nSPS) is 11.8. The van der Waals surface area contributed by atoms with Crippen LogP contribution in [0.5, 0.6) is 11.5 Å². The molecule has 80 heavy (non-hydrogen) atoms. The van der Waals surface area contributed by atoms with Gasteiger partial charge in [-0.25, -0.2) is 4.98 Å². The van der Waals surface area contributed by atoms with Crippen LogP contribution in [0.4, 0.5) is 0 Å². The summed E-state index contributed by atoms with van der Waals surface area (Å²) in [5.74, 6) is 1.90. The molecule has 15 rings (SSSR count). The van der Waals surface area contributed by atoms with E-state index in [4.69, 9.17) is 9.72 Å². The molecule has 0 bridgehead atoms. The Morgan fingerprint density at radius 3 is 1.57 bits per heavy atom. The third-order valence-electron chi connectivity index (χ3n) is 15.4. The van der Waals surface area contributed by atoms with Crippen molar-refractivity contribution < 1.29 is 30.4 Å². The maximum Gasteiger partial charge on any atom is 0.267 e. The Labute approximate surface area is 477 Å². The van der Waals surface area contributed by atoms with Gasteiger partial charge in [-0.2, -0.15) is 18.2 Å². The van der Waals surface area contributed by atoms with Crippen LogP contribution in [-0.2, 0) is 26.5 Å². The molecule has 8 heteroatoms. The molecule has 0 unspecified atom stereocenters. The average Bonchev–Trinajstić information content (AvgIpc) is 2.37. The molecule has 0 saturated heterocycles. The standard InChI is InChI=1S/C72H50N6O.Pt/c1-72(2,3)50-40-41-73-64(44-50)78-63-46-55(79-54-31-20-30-53(45-54)74-42-43-75(47-74)68-56(48-22-8-4-9-23-48)34-21-35-57(68)49-24-10-5-11-25-49)38-39-60(63)67-70-65(58-32-16-18-36-61(58)77(70)52-28-14-7-15-29-52)69-66(71(67)78)59-33-17-19-37-62(59)76(69)51-26-12-6-13-27-51;/h4-44H,1-3H3;/q-2;. The van der Waals surface area contributed by atoms with Gasteiger partial charge in [0.2, 0.25) is 0 Å². The summed E-state index contributed by atoms with van der Waals surface area (Å²) in [6, 6.07) is 88.8. The van der Waals surface area contributed by atoms with Gasteiger partial charge in [0.1, 0.15) is 5.82 Å². The number of nitrogens with zero attached hydrogens (tertiary/aromatic N) is 6. The Hall–Kier alpha value is -9.55. The number of rotatable bonds is 9. The van der Waals surface area contributed by atoms with E-state index in [9.17, 15) is 0 Å². The van der Waals surface area contributed by atoms with Gasteiger partial charge < -0.3 is 23.0 Å². The molecule has 0 saturated carbocycles. The predicted molar refractivity (Wildman–Crippen MR) is 321 cm³/mol. The molecule has 0 aliphatic heterocycles. The summed E-state index contributed by atoms with van der Waals surface area (Å²) in [6.07, 6.45) is 9.67. The Bertz CT molecular complexity index is 4780. The molecular weight excluding hydrogens is 1160 g/mol. The topological polar surface area (TPSA) is 45.7 Å². The molecule has 0 radical (unpaired) electrons. The minimum absolute atomic E-state index is 0. The fourth-order valence-electron chi connectivity index (χ4n) is 11.9. The molecular formula is C72H50N6OPt-2. The van der Waals surface area contributed by atoms with Gasteiger partial charge in [-0.15, -0.1) is 24.3 Å². The zero-order valence-electron chi connectivity index (χ0n) is 44.1. The number of imidazole rings is 1. The van der Waals surface area contributed by atoms with Crippen molar-refractivity contribution in [3.05, 3.63) is 273 Å². The first kappa shape index (κ1) is 48.8. The zero-order chi connectivity index (χ0) is 52.8. The molecule has 0 spiro atoms. The van der Waals surface area contributed by atoms with E-state index in [1.165, 1.54) is 16.3 Å². The first-order chi connectivity index (χ1) is 38.9. The van der Waals surface area contributed by atoms with Gasteiger partial charge >= 0.3 is 0 Å². The fourth-order valence-corrected chi connectivity index (χ4v) is 11.9. The van der Waals surface area contributed by atoms with Crippen molar-refractivity contribution in [1.29, 1.82) is 0 Å². The maximum absolute atomic E-state index is 6.92. The fraction of sp³-hybridized carbons (Fsp3) is 0.0556. The molecule has 7 nitrogen and oxygen atoms in total. The Kier molecular flexibility index (Phi) is 11.8. The van der Waals surface area contributed by atoms with E-state index < -0.39 is 0 Å². The van der Waals surface area contributed by atoms with Crippen LogP contribution >= 0.6 is 0 Å². The van der Waals surface area contributed by atoms with Crippen molar-refractivity contribution >= 4 is 65.4 Å². The van der Waals surface area contributed by atoms with Gasteiger partial charge in [-0.3, -0.25) is 4.57 Å². The van der Waals surface area contributed by atoms with Crippen LogP contribution in [-0.4, -0.2) is 23.3 Å². The Balaban J connectivity index is 0.00000577. The summed E-state index contributed by atoms with van der Waals surface area (Å²) in [6.45, 7) is 6.76. The molecule has 0 fully saturated rings. The molecule has 0 amide bonds. The number of aromatic nitrogens is 6. The van der Waals surface area contributed by atoms with Crippen LogP contribution in [0.3, 0.4) is 0 Å². The van der Waals surface area contributed by atoms with Crippen molar-refractivity contribution in [1.82, 2.24) is 23.3 Å². The molecule has 10 aromatic carbocycles. The van der Waals surface area contributed by atoms with Crippen molar-refractivity contribution in [3.63, 3.8) is 0 Å². The van der Waals surface area contributed by atoms with Crippen molar-refractivity contribution in [2.75, 3.05) is 0 Å². The second-order valence-corrected chi connectivity index (χ2v) is 21.2. The van der Waals surface area contributed by atoms with E-state index >= 15 is 0 Å². The number of fused-ring (bicyclic) bond motifs is 12. The van der Waals surface area contributed by atoms with E-state index in [0.29, 0.717) is 11.5 Å². The molecule has 0 aliphatic carbocycles.